The van der Waals surface area contributed by atoms with Crippen molar-refractivity contribution in [3.05, 3.63) is 0 Å². The lowest BCUT2D eigenvalue weighted by molar-refractivity contribution is 0.482. The minimum atomic E-state index is -3.67. The van der Waals surface area contributed by atoms with E-state index in [0.717, 1.165) is 0 Å². The summed E-state index contributed by atoms with van der Waals surface area (Å²) in [5.74, 6) is 7.87. The summed E-state index contributed by atoms with van der Waals surface area (Å²) in [6.45, 7) is 1.69. The van der Waals surface area contributed by atoms with Crippen LogP contribution in [0, 0.1) is 0 Å². The summed E-state index contributed by atoms with van der Waals surface area (Å²) in [6, 6.07) is 0. The van der Waals surface area contributed by atoms with Gasteiger partial charge in [-0.2, -0.15) is 8.42 Å². The van der Waals surface area contributed by atoms with E-state index in [0.29, 0.717) is 6.42 Å². The molecule has 5 N–H and O–H groups in total. The molecule has 58 valence electrons. The van der Waals surface area contributed by atoms with Crippen molar-refractivity contribution in [1.82, 2.24) is 0 Å². The van der Waals surface area contributed by atoms with Crippen molar-refractivity contribution in [2.75, 3.05) is 5.75 Å². The van der Waals surface area contributed by atoms with E-state index in [2.05, 4.69) is 11.7 Å². The first kappa shape index (κ1) is 11.6. The van der Waals surface area contributed by atoms with Crippen LogP contribution in [0.4, 0.5) is 0 Å². The Morgan fingerprint density at radius 3 is 1.78 bits per heavy atom. The first-order valence-electron chi connectivity index (χ1n) is 2.35. The zero-order valence-electron chi connectivity index (χ0n) is 5.24. The van der Waals surface area contributed by atoms with E-state index in [1.165, 1.54) is 0 Å². The van der Waals surface area contributed by atoms with Crippen molar-refractivity contribution in [3.8, 4) is 0 Å². The molecule has 0 aliphatic carbocycles. The highest BCUT2D eigenvalue weighted by Gasteiger charge is 1.98. The molecular weight excluding hydrogens is 144 g/mol. The van der Waals surface area contributed by atoms with Gasteiger partial charge < -0.3 is 0 Å². The van der Waals surface area contributed by atoms with Gasteiger partial charge in [-0.05, 0) is 6.42 Å². The third kappa shape index (κ3) is 18.1. The summed E-state index contributed by atoms with van der Waals surface area (Å²) >= 11 is 0. The highest BCUT2D eigenvalue weighted by atomic mass is 32.2. The van der Waals surface area contributed by atoms with E-state index in [1.807, 2.05) is 0 Å². The fraction of sp³-hybridized carbons (Fsp3) is 1.00. The summed E-state index contributed by atoms with van der Waals surface area (Å²) in [6.07, 6.45) is 0.471. The second-order valence-electron chi connectivity index (χ2n) is 1.29. The Morgan fingerprint density at radius 2 is 1.78 bits per heavy atom. The molecule has 0 aromatic rings. The number of rotatable bonds is 2. The summed E-state index contributed by atoms with van der Waals surface area (Å²) in [5, 5.41) is 0. The molecule has 0 fully saturated rings. The molecule has 0 aliphatic rings. The van der Waals surface area contributed by atoms with Crippen molar-refractivity contribution >= 4 is 10.1 Å². The third-order valence-electron chi connectivity index (χ3n) is 0.462. The Kier molecular flexibility index (Phi) is 7.68. The molecule has 0 atom stereocenters. The zero-order chi connectivity index (χ0) is 7.91. The molecule has 0 rings (SSSR count). The molecule has 9 heavy (non-hydrogen) atoms. The van der Waals surface area contributed by atoms with Crippen molar-refractivity contribution in [1.29, 1.82) is 0 Å². The van der Waals surface area contributed by atoms with Crippen LogP contribution in [-0.4, -0.2) is 18.7 Å². The maximum atomic E-state index is 9.79. The van der Waals surface area contributed by atoms with Crippen LogP contribution < -0.4 is 11.7 Å². The quantitative estimate of drug-likeness (QED) is 0.273. The van der Waals surface area contributed by atoms with Crippen LogP contribution in [0.3, 0.4) is 0 Å². The number of nitrogens with two attached hydrogens (primary N) is 2. The molecule has 0 amide bonds. The molecule has 0 aromatic carbocycles. The molecule has 6 heteroatoms. The van der Waals surface area contributed by atoms with Gasteiger partial charge in [0.25, 0.3) is 10.1 Å². The zero-order valence-corrected chi connectivity index (χ0v) is 6.06. The molecule has 0 bridgehead atoms. The Hall–Kier alpha value is -0.170. The van der Waals surface area contributed by atoms with Crippen LogP contribution in [0.5, 0.6) is 0 Å². The van der Waals surface area contributed by atoms with Crippen molar-refractivity contribution in [3.63, 3.8) is 0 Å². The van der Waals surface area contributed by atoms with Crippen LogP contribution in [0.2, 0.25) is 0 Å². The molecular formula is C3H12N2O3S. The van der Waals surface area contributed by atoms with Crippen molar-refractivity contribution < 1.29 is 13.0 Å². The first-order valence-corrected chi connectivity index (χ1v) is 3.95. The van der Waals surface area contributed by atoms with E-state index >= 15 is 0 Å². The monoisotopic (exact) mass is 156 g/mol. The molecule has 0 heterocycles. The summed E-state index contributed by atoms with van der Waals surface area (Å²) in [4.78, 5) is 0. The van der Waals surface area contributed by atoms with Crippen molar-refractivity contribution in [2.24, 2.45) is 11.7 Å². The average Bonchev–Trinajstić information content (AvgIpc) is 1.69. The molecule has 0 spiro atoms. The predicted octanol–water partition coefficient (Wildman–Crippen LogP) is -0.897. The second kappa shape index (κ2) is 5.96. The molecule has 5 nitrogen and oxygen atoms in total. The lowest BCUT2D eigenvalue weighted by atomic mass is 10.6. The Morgan fingerprint density at radius 1 is 1.44 bits per heavy atom. The molecule has 0 aromatic heterocycles. The van der Waals surface area contributed by atoms with Crippen molar-refractivity contribution in [2.45, 2.75) is 13.3 Å². The molecule has 0 unspecified atom stereocenters. The van der Waals surface area contributed by atoms with Gasteiger partial charge in [0.1, 0.15) is 0 Å². The van der Waals surface area contributed by atoms with Crippen LogP contribution in [0.25, 0.3) is 0 Å². The fourth-order valence-electron chi connectivity index (χ4n) is 0.258. The second-order valence-corrected chi connectivity index (χ2v) is 2.86. The standard InChI is InChI=1S/C3H8O3S.H4N2/c1-2-3-7(4,5)6;1-2/h2-3H2,1H3,(H,4,5,6);1-2H2. The van der Waals surface area contributed by atoms with Crippen LogP contribution in [-0.2, 0) is 10.1 Å². The smallest absolute Gasteiger partial charge is 0.264 e. The van der Waals surface area contributed by atoms with Gasteiger partial charge in [0.15, 0.2) is 0 Å². The average molecular weight is 156 g/mol. The summed E-state index contributed by atoms with van der Waals surface area (Å²) in [5.41, 5.74) is 0. The Labute approximate surface area is 54.8 Å². The minimum Gasteiger partial charge on any atom is -0.286 e. The van der Waals surface area contributed by atoms with Gasteiger partial charge in [-0.25, -0.2) is 0 Å². The highest BCUT2D eigenvalue weighted by Crippen LogP contribution is 1.83. The van der Waals surface area contributed by atoms with Gasteiger partial charge >= 0.3 is 0 Å². The fourth-order valence-corrected chi connectivity index (χ4v) is 0.774. The normalized spacial score (nSPS) is 9.78. The largest absolute Gasteiger partial charge is 0.286 e. The minimum absolute atomic E-state index is 0.132. The number of hydrogen-bond acceptors (Lipinski definition) is 4. The van der Waals surface area contributed by atoms with E-state index in [1.54, 1.807) is 6.92 Å². The van der Waals surface area contributed by atoms with Gasteiger partial charge in [-0.3, -0.25) is 16.2 Å². The summed E-state index contributed by atoms with van der Waals surface area (Å²) in [7, 11) is -3.67. The Bertz CT molecular complexity index is 130. The van der Waals surface area contributed by atoms with E-state index in [4.69, 9.17) is 4.55 Å². The van der Waals surface area contributed by atoms with Gasteiger partial charge in [0.2, 0.25) is 0 Å². The van der Waals surface area contributed by atoms with E-state index in [-0.39, 0.29) is 5.75 Å². The van der Waals surface area contributed by atoms with Gasteiger partial charge in [-0.1, -0.05) is 6.92 Å². The molecule has 0 radical (unpaired) electrons. The SMILES string of the molecule is CCCS(=O)(=O)O.NN. The molecule has 0 aliphatic heterocycles. The van der Waals surface area contributed by atoms with Gasteiger partial charge in [0, 0.05) is 0 Å². The molecule has 0 saturated heterocycles. The number of hydrazine groups is 1. The third-order valence-corrected chi connectivity index (χ3v) is 1.39. The highest BCUT2D eigenvalue weighted by molar-refractivity contribution is 7.85. The maximum Gasteiger partial charge on any atom is 0.264 e. The van der Waals surface area contributed by atoms with Gasteiger partial charge in [0.05, 0.1) is 5.75 Å². The summed E-state index contributed by atoms with van der Waals surface area (Å²) < 4.78 is 27.6. The topological polar surface area (TPSA) is 106 Å². The van der Waals surface area contributed by atoms with Crippen LogP contribution in [0.15, 0.2) is 0 Å². The Balaban J connectivity index is 0. The van der Waals surface area contributed by atoms with E-state index < -0.39 is 10.1 Å². The van der Waals surface area contributed by atoms with Crippen LogP contribution in [0.1, 0.15) is 13.3 Å². The van der Waals surface area contributed by atoms with Crippen LogP contribution >= 0.6 is 0 Å². The predicted molar refractivity (Wildman–Crippen MR) is 35.1 cm³/mol. The van der Waals surface area contributed by atoms with E-state index in [9.17, 15) is 8.42 Å². The maximum absolute atomic E-state index is 9.79. The van der Waals surface area contributed by atoms with Gasteiger partial charge in [-0.15, -0.1) is 0 Å². The number of hydrogen-bond donors (Lipinski definition) is 3. The molecule has 0 saturated carbocycles. The lowest BCUT2D eigenvalue weighted by Crippen LogP contribution is -2.02. The lowest BCUT2D eigenvalue weighted by Gasteiger charge is -1.85. The first-order chi connectivity index (χ1) is 4.06.